The molecule has 66 valence electrons. The number of hydrogen-bond acceptors (Lipinski definition) is 2. The highest BCUT2D eigenvalue weighted by Crippen LogP contribution is 1.88. The smallest absolute Gasteiger partial charge is 0.0644 e. The van der Waals surface area contributed by atoms with Crippen LogP contribution in [0.1, 0.15) is 19.8 Å². The van der Waals surface area contributed by atoms with Gasteiger partial charge in [0.05, 0.1) is 6.61 Å². The fourth-order valence-electron chi connectivity index (χ4n) is 0.798. The highest BCUT2D eigenvalue weighted by molar-refractivity contribution is 4.63. The van der Waals surface area contributed by atoms with Crippen molar-refractivity contribution >= 4 is 0 Å². The van der Waals surface area contributed by atoms with Crippen molar-refractivity contribution in [1.82, 2.24) is 5.32 Å². The van der Waals surface area contributed by atoms with Crippen molar-refractivity contribution in [2.24, 2.45) is 0 Å². The molecular weight excluding hydrogens is 138 g/mol. The van der Waals surface area contributed by atoms with Crippen molar-refractivity contribution in [2.45, 2.75) is 19.8 Å². The molecule has 0 rings (SSSR count). The lowest BCUT2D eigenvalue weighted by Crippen LogP contribution is -2.14. The van der Waals surface area contributed by atoms with E-state index in [0.29, 0.717) is 6.61 Å². The zero-order valence-electron chi connectivity index (χ0n) is 7.44. The minimum atomic E-state index is 0.682. The standard InChI is InChI=1S/C9H19NO/c1-3-8-11-9-6-5-7-10-4-2/h3,10H,1,4-9H2,2H3. The third-order valence-electron chi connectivity index (χ3n) is 1.38. The lowest BCUT2D eigenvalue weighted by molar-refractivity contribution is 0.158. The molecule has 0 radical (unpaired) electrons. The zero-order valence-corrected chi connectivity index (χ0v) is 7.44. The molecule has 0 amide bonds. The van der Waals surface area contributed by atoms with Gasteiger partial charge in [-0.1, -0.05) is 13.0 Å². The normalized spacial score (nSPS) is 9.91. The van der Waals surface area contributed by atoms with Crippen LogP contribution in [0.2, 0.25) is 0 Å². The molecule has 0 unspecified atom stereocenters. The van der Waals surface area contributed by atoms with E-state index in [4.69, 9.17) is 4.74 Å². The van der Waals surface area contributed by atoms with Crippen LogP contribution in [0, 0.1) is 0 Å². The minimum Gasteiger partial charge on any atom is -0.377 e. The summed E-state index contributed by atoms with van der Waals surface area (Å²) in [7, 11) is 0. The van der Waals surface area contributed by atoms with Gasteiger partial charge in [-0.05, 0) is 25.9 Å². The Hall–Kier alpha value is -0.340. The van der Waals surface area contributed by atoms with Crippen LogP contribution in [0.25, 0.3) is 0 Å². The molecule has 0 fully saturated rings. The first-order chi connectivity index (χ1) is 5.41. The van der Waals surface area contributed by atoms with E-state index in [1.165, 1.54) is 6.42 Å². The van der Waals surface area contributed by atoms with E-state index < -0.39 is 0 Å². The number of ether oxygens (including phenoxy) is 1. The van der Waals surface area contributed by atoms with Crippen molar-refractivity contribution in [1.29, 1.82) is 0 Å². The molecule has 0 aromatic carbocycles. The fourth-order valence-corrected chi connectivity index (χ4v) is 0.798. The van der Waals surface area contributed by atoms with Crippen molar-refractivity contribution in [3.63, 3.8) is 0 Å². The molecule has 2 heteroatoms. The van der Waals surface area contributed by atoms with Crippen LogP contribution in [-0.2, 0) is 4.74 Å². The Morgan fingerprint density at radius 1 is 1.45 bits per heavy atom. The maximum Gasteiger partial charge on any atom is 0.0644 e. The monoisotopic (exact) mass is 157 g/mol. The summed E-state index contributed by atoms with van der Waals surface area (Å²) in [5.41, 5.74) is 0. The van der Waals surface area contributed by atoms with Gasteiger partial charge in [0.25, 0.3) is 0 Å². The average molecular weight is 157 g/mol. The van der Waals surface area contributed by atoms with Gasteiger partial charge in [0.15, 0.2) is 0 Å². The zero-order chi connectivity index (χ0) is 8.36. The Bertz CT molecular complexity index is 83.6. The molecule has 0 aliphatic heterocycles. The second kappa shape index (κ2) is 9.66. The highest BCUT2D eigenvalue weighted by atomic mass is 16.5. The third kappa shape index (κ3) is 9.66. The molecule has 11 heavy (non-hydrogen) atoms. The van der Waals surface area contributed by atoms with Gasteiger partial charge in [0, 0.05) is 6.61 Å². The molecule has 0 saturated heterocycles. The largest absolute Gasteiger partial charge is 0.377 e. The maximum absolute atomic E-state index is 5.22. The summed E-state index contributed by atoms with van der Waals surface area (Å²) in [5.74, 6) is 0. The molecule has 2 nitrogen and oxygen atoms in total. The number of unbranched alkanes of at least 4 members (excludes halogenated alkanes) is 1. The highest BCUT2D eigenvalue weighted by Gasteiger charge is 1.86. The third-order valence-corrected chi connectivity index (χ3v) is 1.38. The molecule has 0 bridgehead atoms. The van der Waals surface area contributed by atoms with E-state index in [1.54, 1.807) is 6.08 Å². The Kier molecular flexibility index (Phi) is 9.36. The van der Waals surface area contributed by atoms with Crippen LogP contribution in [0.5, 0.6) is 0 Å². The van der Waals surface area contributed by atoms with Crippen LogP contribution >= 0.6 is 0 Å². The van der Waals surface area contributed by atoms with E-state index in [9.17, 15) is 0 Å². The quantitative estimate of drug-likeness (QED) is 0.426. The second-order valence-electron chi connectivity index (χ2n) is 2.42. The van der Waals surface area contributed by atoms with Gasteiger partial charge in [-0.25, -0.2) is 0 Å². The molecular formula is C9H19NO. The van der Waals surface area contributed by atoms with Crippen LogP contribution in [0.4, 0.5) is 0 Å². The summed E-state index contributed by atoms with van der Waals surface area (Å²) in [6.07, 6.45) is 4.12. The van der Waals surface area contributed by atoms with E-state index in [-0.39, 0.29) is 0 Å². The molecule has 1 N–H and O–H groups in total. The van der Waals surface area contributed by atoms with E-state index in [1.807, 2.05) is 0 Å². The van der Waals surface area contributed by atoms with E-state index in [0.717, 1.165) is 26.1 Å². The van der Waals surface area contributed by atoms with Crippen LogP contribution in [0.15, 0.2) is 12.7 Å². The molecule has 0 aromatic rings. The Morgan fingerprint density at radius 3 is 2.91 bits per heavy atom. The van der Waals surface area contributed by atoms with Gasteiger partial charge in [0.1, 0.15) is 0 Å². The molecule has 0 atom stereocenters. The molecule has 0 aliphatic carbocycles. The van der Waals surface area contributed by atoms with Gasteiger partial charge < -0.3 is 10.1 Å². The van der Waals surface area contributed by atoms with Crippen molar-refractivity contribution in [2.75, 3.05) is 26.3 Å². The first-order valence-corrected chi connectivity index (χ1v) is 4.31. The number of hydrogen-bond donors (Lipinski definition) is 1. The first-order valence-electron chi connectivity index (χ1n) is 4.31. The molecule has 0 heterocycles. The number of nitrogens with one attached hydrogen (secondary N) is 1. The van der Waals surface area contributed by atoms with Crippen LogP contribution in [0.3, 0.4) is 0 Å². The lowest BCUT2D eigenvalue weighted by atomic mass is 10.3. The predicted molar refractivity (Wildman–Crippen MR) is 48.8 cm³/mol. The van der Waals surface area contributed by atoms with Gasteiger partial charge >= 0.3 is 0 Å². The van der Waals surface area contributed by atoms with Gasteiger partial charge in [0.2, 0.25) is 0 Å². The van der Waals surface area contributed by atoms with Crippen LogP contribution in [-0.4, -0.2) is 26.3 Å². The Labute approximate surface area is 69.6 Å². The fraction of sp³-hybridized carbons (Fsp3) is 0.778. The second-order valence-corrected chi connectivity index (χ2v) is 2.42. The van der Waals surface area contributed by atoms with Gasteiger partial charge in [-0.3, -0.25) is 0 Å². The Morgan fingerprint density at radius 2 is 2.27 bits per heavy atom. The molecule has 0 aromatic heterocycles. The summed E-state index contributed by atoms with van der Waals surface area (Å²) >= 11 is 0. The van der Waals surface area contributed by atoms with Crippen LogP contribution < -0.4 is 5.32 Å². The lowest BCUT2D eigenvalue weighted by Gasteiger charge is -2.01. The summed E-state index contributed by atoms with van der Waals surface area (Å²) in [4.78, 5) is 0. The minimum absolute atomic E-state index is 0.682. The van der Waals surface area contributed by atoms with E-state index in [2.05, 4.69) is 18.8 Å². The molecule has 0 spiro atoms. The van der Waals surface area contributed by atoms with Crippen molar-refractivity contribution < 1.29 is 4.74 Å². The topological polar surface area (TPSA) is 21.3 Å². The summed E-state index contributed by atoms with van der Waals surface area (Å²) in [6.45, 7) is 9.40. The summed E-state index contributed by atoms with van der Waals surface area (Å²) in [5, 5.41) is 3.26. The van der Waals surface area contributed by atoms with E-state index >= 15 is 0 Å². The Balaban J connectivity index is 2.74. The summed E-state index contributed by atoms with van der Waals surface area (Å²) < 4.78 is 5.22. The van der Waals surface area contributed by atoms with Crippen molar-refractivity contribution in [3.05, 3.63) is 12.7 Å². The number of rotatable bonds is 8. The predicted octanol–water partition coefficient (Wildman–Crippen LogP) is 1.58. The van der Waals surface area contributed by atoms with Gasteiger partial charge in [-0.15, -0.1) is 6.58 Å². The molecule has 0 saturated carbocycles. The van der Waals surface area contributed by atoms with Crippen molar-refractivity contribution in [3.8, 4) is 0 Å². The maximum atomic E-state index is 5.22. The SMILES string of the molecule is C=CCOCCCCNCC. The summed E-state index contributed by atoms with van der Waals surface area (Å²) in [6, 6.07) is 0. The first kappa shape index (κ1) is 10.7. The average Bonchev–Trinajstić information content (AvgIpc) is 2.03. The molecule has 0 aliphatic rings. The van der Waals surface area contributed by atoms with Gasteiger partial charge in [-0.2, -0.15) is 0 Å².